The van der Waals surface area contributed by atoms with Gasteiger partial charge in [-0.15, -0.1) is 0 Å². The van der Waals surface area contributed by atoms with Crippen molar-refractivity contribution in [3.63, 3.8) is 0 Å². The van der Waals surface area contributed by atoms with Crippen LogP contribution in [0.25, 0.3) is 0 Å². The largest absolute Gasteiger partial charge is 0.494 e. The van der Waals surface area contributed by atoms with Crippen LogP contribution in [-0.4, -0.2) is 36.9 Å². The molecule has 1 aliphatic rings. The van der Waals surface area contributed by atoms with E-state index in [9.17, 15) is 4.79 Å². The molecule has 0 saturated carbocycles. The van der Waals surface area contributed by atoms with Crippen molar-refractivity contribution in [1.29, 1.82) is 0 Å². The number of rotatable bonds is 5. The van der Waals surface area contributed by atoms with Crippen LogP contribution < -0.4 is 4.74 Å². The number of nitrogens with zero attached hydrogens (tertiary/aromatic N) is 1. The molecule has 2 rings (SSSR count). The minimum atomic E-state index is 0.158. The first-order chi connectivity index (χ1) is 8.70. The molecular weight excluding hydrogens is 294 g/mol. The molecule has 98 valence electrons. The van der Waals surface area contributed by atoms with Gasteiger partial charge in [0.2, 0.25) is 0 Å². The lowest BCUT2D eigenvalue weighted by Crippen LogP contribution is -2.27. The van der Waals surface area contributed by atoms with Gasteiger partial charge in [0.15, 0.2) is 5.78 Å². The maximum Gasteiger partial charge on any atom is 0.178 e. The summed E-state index contributed by atoms with van der Waals surface area (Å²) in [5, 5.41) is 0. The van der Waals surface area contributed by atoms with Crippen LogP contribution in [0.4, 0.5) is 0 Å². The Morgan fingerprint density at radius 1 is 1.39 bits per heavy atom. The topological polar surface area (TPSA) is 29.5 Å². The third-order valence-corrected chi connectivity index (χ3v) is 3.81. The highest BCUT2D eigenvalue weighted by molar-refractivity contribution is 9.10. The predicted molar refractivity (Wildman–Crippen MR) is 75.3 cm³/mol. The molecule has 3 nitrogen and oxygen atoms in total. The van der Waals surface area contributed by atoms with Crippen molar-refractivity contribution in [2.75, 3.05) is 26.2 Å². The summed E-state index contributed by atoms with van der Waals surface area (Å²) in [6, 6.07) is 5.58. The van der Waals surface area contributed by atoms with Crippen LogP contribution in [0.15, 0.2) is 22.7 Å². The zero-order valence-corrected chi connectivity index (χ0v) is 12.2. The lowest BCUT2D eigenvalue weighted by molar-refractivity contribution is 0.0944. The number of hydrogen-bond donors (Lipinski definition) is 0. The Balaban J connectivity index is 2.09. The molecule has 0 radical (unpaired) electrons. The van der Waals surface area contributed by atoms with Crippen LogP contribution in [-0.2, 0) is 0 Å². The average molecular weight is 312 g/mol. The van der Waals surface area contributed by atoms with Crippen molar-refractivity contribution in [2.24, 2.45) is 0 Å². The van der Waals surface area contributed by atoms with Gasteiger partial charge in [0.05, 0.1) is 13.2 Å². The van der Waals surface area contributed by atoms with Gasteiger partial charge in [0.25, 0.3) is 0 Å². The van der Waals surface area contributed by atoms with Crippen molar-refractivity contribution < 1.29 is 9.53 Å². The third-order valence-electron chi connectivity index (χ3n) is 3.12. The smallest absolute Gasteiger partial charge is 0.178 e. The van der Waals surface area contributed by atoms with Gasteiger partial charge in [-0.1, -0.05) is 15.9 Å². The Bertz CT molecular complexity index is 428. The Morgan fingerprint density at radius 3 is 2.78 bits per heavy atom. The summed E-state index contributed by atoms with van der Waals surface area (Å²) in [6.07, 6.45) is 2.40. The number of ether oxygens (including phenoxy) is 1. The summed E-state index contributed by atoms with van der Waals surface area (Å²) in [7, 11) is 0. The molecule has 1 aromatic carbocycles. The molecule has 0 N–H and O–H groups in total. The monoisotopic (exact) mass is 311 g/mol. The summed E-state index contributed by atoms with van der Waals surface area (Å²) >= 11 is 3.44. The average Bonchev–Trinajstić information content (AvgIpc) is 2.84. The normalized spacial score (nSPS) is 15.9. The van der Waals surface area contributed by atoms with Crippen LogP contribution in [0.1, 0.15) is 30.1 Å². The Labute approximate surface area is 116 Å². The molecule has 0 unspecified atom stereocenters. The first kappa shape index (κ1) is 13.6. The molecule has 0 atom stereocenters. The highest BCUT2D eigenvalue weighted by Gasteiger charge is 2.18. The zero-order chi connectivity index (χ0) is 13.0. The van der Waals surface area contributed by atoms with Gasteiger partial charge in [0, 0.05) is 10.0 Å². The molecule has 1 heterocycles. The van der Waals surface area contributed by atoms with E-state index in [1.54, 1.807) is 0 Å². The fraction of sp³-hybridized carbons (Fsp3) is 0.500. The number of Topliss-reactive ketones (excluding diaryl/α,β-unsaturated/α-hetero) is 1. The van der Waals surface area contributed by atoms with Gasteiger partial charge in [0.1, 0.15) is 5.75 Å². The van der Waals surface area contributed by atoms with Gasteiger partial charge in [-0.3, -0.25) is 9.69 Å². The molecule has 0 aromatic heterocycles. The third kappa shape index (κ3) is 3.33. The number of benzene rings is 1. The first-order valence-electron chi connectivity index (χ1n) is 6.38. The van der Waals surface area contributed by atoms with E-state index in [1.165, 1.54) is 12.8 Å². The van der Waals surface area contributed by atoms with Crippen LogP contribution in [0.2, 0.25) is 0 Å². The van der Waals surface area contributed by atoms with Gasteiger partial charge in [-0.2, -0.15) is 0 Å². The van der Waals surface area contributed by atoms with E-state index in [0.29, 0.717) is 18.7 Å². The second-order valence-corrected chi connectivity index (χ2v) is 5.34. The SMILES string of the molecule is CCOc1ccc(Br)c(C(=O)CN2CCCC2)c1. The van der Waals surface area contributed by atoms with Gasteiger partial charge >= 0.3 is 0 Å². The fourth-order valence-electron chi connectivity index (χ4n) is 2.20. The first-order valence-corrected chi connectivity index (χ1v) is 7.18. The van der Waals surface area contributed by atoms with Crippen molar-refractivity contribution in [2.45, 2.75) is 19.8 Å². The van der Waals surface area contributed by atoms with Crippen molar-refractivity contribution in [1.82, 2.24) is 4.90 Å². The minimum absolute atomic E-state index is 0.158. The van der Waals surface area contributed by atoms with Crippen LogP contribution >= 0.6 is 15.9 Å². The second-order valence-electron chi connectivity index (χ2n) is 4.48. The molecule has 4 heteroatoms. The lowest BCUT2D eigenvalue weighted by atomic mass is 10.1. The van der Waals surface area contributed by atoms with Crippen molar-refractivity contribution in [3.05, 3.63) is 28.2 Å². The Morgan fingerprint density at radius 2 is 2.11 bits per heavy atom. The summed E-state index contributed by atoms with van der Waals surface area (Å²) in [4.78, 5) is 14.5. The van der Waals surface area contributed by atoms with Gasteiger partial charge in [-0.05, 0) is 51.1 Å². The molecule has 18 heavy (non-hydrogen) atoms. The predicted octanol–water partition coefficient (Wildman–Crippen LogP) is 3.13. The van der Waals surface area contributed by atoms with Crippen molar-refractivity contribution in [3.8, 4) is 5.75 Å². The molecule has 0 amide bonds. The highest BCUT2D eigenvalue weighted by Crippen LogP contribution is 2.23. The van der Waals surface area contributed by atoms with Crippen molar-refractivity contribution >= 4 is 21.7 Å². The number of carbonyl (C=O) groups is 1. The number of likely N-dealkylation sites (tertiary alicyclic amines) is 1. The number of carbonyl (C=O) groups excluding carboxylic acids is 1. The van der Waals surface area contributed by atoms with E-state index in [2.05, 4.69) is 20.8 Å². The summed E-state index contributed by atoms with van der Waals surface area (Å²) in [5.41, 5.74) is 0.716. The lowest BCUT2D eigenvalue weighted by Gasteiger charge is -2.14. The van der Waals surface area contributed by atoms with Crippen LogP contribution in [0, 0.1) is 0 Å². The Hall–Kier alpha value is -0.870. The molecular formula is C14H18BrNO2. The maximum absolute atomic E-state index is 12.3. The number of ketones is 1. The van der Waals surface area contributed by atoms with E-state index in [1.807, 2.05) is 25.1 Å². The second kappa shape index (κ2) is 6.34. The molecule has 0 aliphatic carbocycles. The molecule has 0 bridgehead atoms. The van der Waals surface area contributed by atoms with Crippen LogP contribution in [0.5, 0.6) is 5.75 Å². The standard InChI is InChI=1S/C14H18BrNO2/c1-2-18-11-5-6-13(15)12(9-11)14(17)10-16-7-3-4-8-16/h5-6,9H,2-4,7-8,10H2,1H3. The molecule has 0 spiro atoms. The van der Waals surface area contributed by atoms with E-state index >= 15 is 0 Å². The zero-order valence-electron chi connectivity index (χ0n) is 10.6. The molecule has 1 fully saturated rings. The van der Waals surface area contributed by atoms with Gasteiger partial charge in [-0.25, -0.2) is 0 Å². The highest BCUT2D eigenvalue weighted by atomic mass is 79.9. The van der Waals surface area contributed by atoms with Gasteiger partial charge < -0.3 is 4.74 Å². The number of halogens is 1. The molecule has 1 aliphatic heterocycles. The maximum atomic E-state index is 12.3. The minimum Gasteiger partial charge on any atom is -0.494 e. The Kier molecular flexibility index (Phi) is 4.78. The summed E-state index contributed by atoms with van der Waals surface area (Å²) in [6.45, 7) is 5.13. The number of hydrogen-bond acceptors (Lipinski definition) is 3. The van der Waals surface area contributed by atoms with E-state index in [-0.39, 0.29) is 5.78 Å². The summed E-state index contributed by atoms with van der Waals surface area (Å²) in [5.74, 6) is 0.913. The van der Waals surface area contributed by atoms with E-state index in [0.717, 1.165) is 23.3 Å². The fourth-order valence-corrected chi connectivity index (χ4v) is 2.67. The van der Waals surface area contributed by atoms with Crippen LogP contribution in [0.3, 0.4) is 0 Å². The summed E-state index contributed by atoms with van der Waals surface area (Å²) < 4.78 is 6.28. The quantitative estimate of drug-likeness (QED) is 0.782. The van der Waals surface area contributed by atoms with E-state index in [4.69, 9.17) is 4.74 Å². The molecule has 1 saturated heterocycles. The molecule has 1 aromatic rings. The van der Waals surface area contributed by atoms with E-state index < -0.39 is 0 Å².